The molecule has 0 aliphatic heterocycles. The highest BCUT2D eigenvalue weighted by molar-refractivity contribution is 7.80. The van der Waals surface area contributed by atoms with Crippen molar-refractivity contribution < 1.29 is 17.9 Å². The van der Waals surface area contributed by atoms with Crippen LogP contribution in [-0.2, 0) is 6.54 Å². The van der Waals surface area contributed by atoms with Gasteiger partial charge < -0.3 is 10.1 Å². The normalized spacial score (nSPS) is 11.5. The van der Waals surface area contributed by atoms with Gasteiger partial charge in [0.1, 0.15) is 5.75 Å². The topological polar surface area (TPSA) is 21.3 Å². The number of ether oxygens (including phenoxy) is 1. The summed E-state index contributed by atoms with van der Waals surface area (Å²) in [7, 11) is 0. The third-order valence-electron chi connectivity index (χ3n) is 1.60. The first-order chi connectivity index (χ1) is 7.01. The molecule has 6 heteroatoms. The number of halogens is 3. The fourth-order valence-corrected chi connectivity index (χ4v) is 1.12. The maximum atomic E-state index is 11.8. The standard InChI is InChI=1S/C9H10F3NOS/c10-9(11,12)14-8-3-1-7(2-4-8)5-13-6-15/h1-4,13,15H,5-6H2. The maximum absolute atomic E-state index is 11.8. The molecule has 1 N–H and O–H groups in total. The molecule has 0 saturated heterocycles. The predicted molar refractivity (Wildman–Crippen MR) is 53.8 cm³/mol. The summed E-state index contributed by atoms with van der Waals surface area (Å²) < 4.78 is 39.1. The van der Waals surface area contributed by atoms with Crippen molar-refractivity contribution in [3.63, 3.8) is 0 Å². The molecule has 0 radical (unpaired) electrons. The van der Waals surface area contributed by atoms with Crippen molar-refractivity contribution in [2.24, 2.45) is 0 Å². The van der Waals surface area contributed by atoms with Gasteiger partial charge in [-0.1, -0.05) is 12.1 Å². The van der Waals surface area contributed by atoms with E-state index in [1.54, 1.807) is 12.1 Å². The number of hydrogen-bond acceptors (Lipinski definition) is 3. The summed E-state index contributed by atoms with van der Waals surface area (Å²) in [5.41, 5.74) is 0.874. The Bertz CT molecular complexity index is 299. The van der Waals surface area contributed by atoms with E-state index in [-0.39, 0.29) is 5.75 Å². The number of nitrogens with one attached hydrogen (secondary N) is 1. The zero-order chi connectivity index (χ0) is 11.3. The van der Waals surface area contributed by atoms with Gasteiger partial charge in [-0.05, 0) is 17.7 Å². The summed E-state index contributed by atoms with van der Waals surface area (Å²) in [5, 5.41) is 2.93. The van der Waals surface area contributed by atoms with Gasteiger partial charge in [-0.2, -0.15) is 12.6 Å². The number of alkyl halides is 3. The lowest BCUT2D eigenvalue weighted by Gasteiger charge is -2.09. The molecule has 0 fully saturated rings. The fourth-order valence-electron chi connectivity index (χ4n) is 1.01. The smallest absolute Gasteiger partial charge is 0.406 e. The molecule has 0 unspecified atom stereocenters. The SMILES string of the molecule is FC(F)(F)Oc1ccc(CNCS)cc1. The minimum absolute atomic E-state index is 0.211. The van der Waals surface area contributed by atoms with Crippen molar-refractivity contribution in [3.05, 3.63) is 29.8 Å². The molecule has 0 atom stereocenters. The lowest BCUT2D eigenvalue weighted by atomic mass is 10.2. The third kappa shape index (κ3) is 4.94. The second-order valence-corrected chi connectivity index (χ2v) is 3.09. The van der Waals surface area contributed by atoms with Crippen LogP contribution in [0.5, 0.6) is 5.75 Å². The molecule has 2 nitrogen and oxygen atoms in total. The van der Waals surface area contributed by atoms with E-state index in [0.717, 1.165) is 5.56 Å². The molecule has 1 rings (SSSR count). The Hall–Kier alpha value is -0.880. The van der Waals surface area contributed by atoms with Crippen LogP contribution in [0.2, 0.25) is 0 Å². The van der Waals surface area contributed by atoms with E-state index in [1.165, 1.54) is 12.1 Å². The molecule has 15 heavy (non-hydrogen) atoms. The van der Waals surface area contributed by atoms with Crippen molar-refractivity contribution in [3.8, 4) is 5.75 Å². The number of benzene rings is 1. The Labute approximate surface area is 90.8 Å². The van der Waals surface area contributed by atoms with E-state index in [1.807, 2.05) is 0 Å². The highest BCUT2D eigenvalue weighted by Gasteiger charge is 2.30. The number of thiol groups is 1. The summed E-state index contributed by atoms with van der Waals surface area (Å²) in [6.45, 7) is 0.565. The van der Waals surface area contributed by atoms with Gasteiger partial charge >= 0.3 is 6.36 Å². The average molecular weight is 237 g/mol. The zero-order valence-electron chi connectivity index (χ0n) is 7.71. The molecule has 0 heterocycles. The van der Waals surface area contributed by atoms with Crippen molar-refractivity contribution in [1.82, 2.24) is 5.32 Å². The van der Waals surface area contributed by atoms with Gasteiger partial charge in [0, 0.05) is 12.4 Å². The van der Waals surface area contributed by atoms with Gasteiger partial charge in [0.05, 0.1) is 0 Å². The highest BCUT2D eigenvalue weighted by atomic mass is 32.1. The molecule has 0 saturated carbocycles. The molecule has 0 spiro atoms. The summed E-state index contributed by atoms with van der Waals surface area (Å²) >= 11 is 3.94. The number of hydrogen-bond donors (Lipinski definition) is 2. The number of rotatable bonds is 4. The maximum Gasteiger partial charge on any atom is 0.573 e. The molecule has 0 amide bonds. The van der Waals surface area contributed by atoms with E-state index >= 15 is 0 Å². The summed E-state index contributed by atoms with van der Waals surface area (Å²) in [4.78, 5) is 0. The van der Waals surface area contributed by atoms with Gasteiger partial charge in [-0.25, -0.2) is 0 Å². The van der Waals surface area contributed by atoms with Crippen LogP contribution in [0.15, 0.2) is 24.3 Å². The van der Waals surface area contributed by atoms with Crippen LogP contribution in [0.25, 0.3) is 0 Å². The van der Waals surface area contributed by atoms with E-state index in [0.29, 0.717) is 12.4 Å². The first-order valence-corrected chi connectivity index (χ1v) is 4.81. The van der Waals surface area contributed by atoms with E-state index in [9.17, 15) is 13.2 Å². The van der Waals surface area contributed by atoms with Crippen LogP contribution in [0, 0.1) is 0 Å². The van der Waals surface area contributed by atoms with Gasteiger partial charge in [0.25, 0.3) is 0 Å². The Morgan fingerprint density at radius 3 is 2.27 bits per heavy atom. The lowest BCUT2D eigenvalue weighted by Crippen LogP contribution is -2.17. The van der Waals surface area contributed by atoms with Crippen molar-refractivity contribution >= 4 is 12.6 Å². The van der Waals surface area contributed by atoms with Crippen LogP contribution in [-0.4, -0.2) is 12.2 Å². The molecule has 0 aromatic heterocycles. The second-order valence-electron chi connectivity index (χ2n) is 2.78. The predicted octanol–water partition coefficient (Wildman–Crippen LogP) is 2.56. The van der Waals surface area contributed by atoms with Crippen LogP contribution < -0.4 is 10.1 Å². The molecule has 1 aromatic rings. The minimum Gasteiger partial charge on any atom is -0.406 e. The molecular formula is C9H10F3NOS. The van der Waals surface area contributed by atoms with Crippen molar-refractivity contribution in [1.29, 1.82) is 0 Å². The van der Waals surface area contributed by atoms with E-state index in [2.05, 4.69) is 22.7 Å². The molecule has 0 aliphatic rings. The monoisotopic (exact) mass is 237 g/mol. The quantitative estimate of drug-likeness (QED) is 0.620. The zero-order valence-corrected chi connectivity index (χ0v) is 8.61. The Morgan fingerprint density at radius 2 is 1.80 bits per heavy atom. The molecule has 1 aromatic carbocycles. The summed E-state index contributed by atoms with van der Waals surface area (Å²) in [5.74, 6) is 0.304. The Balaban J connectivity index is 2.56. The van der Waals surface area contributed by atoms with Crippen LogP contribution in [0.3, 0.4) is 0 Å². The van der Waals surface area contributed by atoms with Gasteiger partial charge in [0.2, 0.25) is 0 Å². The largest absolute Gasteiger partial charge is 0.573 e. The average Bonchev–Trinajstić information content (AvgIpc) is 2.14. The second kappa shape index (κ2) is 5.27. The minimum atomic E-state index is -4.63. The van der Waals surface area contributed by atoms with E-state index in [4.69, 9.17) is 0 Å². The summed E-state index contributed by atoms with van der Waals surface area (Å²) in [6.07, 6.45) is -4.63. The summed E-state index contributed by atoms with van der Waals surface area (Å²) in [6, 6.07) is 5.70. The Kier molecular flexibility index (Phi) is 4.28. The Morgan fingerprint density at radius 1 is 1.20 bits per heavy atom. The first kappa shape index (κ1) is 12.2. The van der Waals surface area contributed by atoms with Crippen LogP contribution in [0.1, 0.15) is 5.56 Å². The van der Waals surface area contributed by atoms with Crippen LogP contribution >= 0.6 is 12.6 Å². The fraction of sp³-hybridized carbons (Fsp3) is 0.333. The van der Waals surface area contributed by atoms with Crippen molar-refractivity contribution in [2.75, 3.05) is 5.88 Å². The first-order valence-electron chi connectivity index (χ1n) is 4.17. The molecule has 0 bridgehead atoms. The van der Waals surface area contributed by atoms with Gasteiger partial charge in [-0.15, -0.1) is 13.2 Å². The highest BCUT2D eigenvalue weighted by Crippen LogP contribution is 2.22. The van der Waals surface area contributed by atoms with Crippen molar-refractivity contribution in [2.45, 2.75) is 12.9 Å². The third-order valence-corrected chi connectivity index (χ3v) is 1.82. The molecule has 84 valence electrons. The van der Waals surface area contributed by atoms with Gasteiger partial charge in [-0.3, -0.25) is 0 Å². The molecular weight excluding hydrogens is 227 g/mol. The van der Waals surface area contributed by atoms with Gasteiger partial charge in [0.15, 0.2) is 0 Å². The van der Waals surface area contributed by atoms with Crippen LogP contribution in [0.4, 0.5) is 13.2 Å². The lowest BCUT2D eigenvalue weighted by molar-refractivity contribution is -0.274. The molecule has 0 aliphatic carbocycles. The van der Waals surface area contributed by atoms with E-state index < -0.39 is 6.36 Å².